The summed E-state index contributed by atoms with van der Waals surface area (Å²) >= 11 is 0. The molecule has 2 aliphatic rings. The first-order chi connectivity index (χ1) is 6.77. The average Bonchev–Trinajstić information content (AvgIpc) is 2.11. The van der Waals surface area contributed by atoms with E-state index in [1.165, 1.54) is 25.9 Å². The fourth-order valence-electron chi connectivity index (χ4n) is 2.86. The molecule has 2 heterocycles. The van der Waals surface area contributed by atoms with E-state index in [-0.39, 0.29) is 0 Å². The Morgan fingerprint density at radius 2 is 2.29 bits per heavy atom. The van der Waals surface area contributed by atoms with Crippen LogP contribution in [0, 0.1) is 11.3 Å². The van der Waals surface area contributed by atoms with Crippen molar-refractivity contribution in [3.63, 3.8) is 0 Å². The van der Waals surface area contributed by atoms with Gasteiger partial charge in [0.25, 0.3) is 0 Å². The molecule has 1 atom stereocenters. The van der Waals surface area contributed by atoms with Gasteiger partial charge in [0, 0.05) is 18.5 Å². The molecule has 3 heteroatoms. The molecule has 0 aromatic heterocycles. The molecular weight excluding hydrogens is 176 g/mol. The van der Waals surface area contributed by atoms with Gasteiger partial charge in [-0.1, -0.05) is 0 Å². The molecule has 2 rings (SSSR count). The lowest BCUT2D eigenvalue weighted by Crippen LogP contribution is -2.57. The molecule has 2 aliphatic heterocycles. The Kier molecular flexibility index (Phi) is 3.10. The monoisotopic (exact) mass is 198 g/mol. The fraction of sp³-hybridized carbons (Fsp3) is 1.00. The van der Waals surface area contributed by atoms with Gasteiger partial charge in [0.15, 0.2) is 0 Å². The van der Waals surface area contributed by atoms with Crippen LogP contribution in [0.4, 0.5) is 0 Å². The van der Waals surface area contributed by atoms with Gasteiger partial charge in [0.05, 0.1) is 13.2 Å². The molecule has 0 aromatic carbocycles. The maximum atomic E-state index is 5.42. The molecule has 0 bridgehead atoms. The van der Waals surface area contributed by atoms with Gasteiger partial charge in [-0.25, -0.2) is 0 Å². The first-order valence-corrected chi connectivity index (χ1v) is 5.68. The van der Waals surface area contributed by atoms with Gasteiger partial charge >= 0.3 is 0 Å². The van der Waals surface area contributed by atoms with E-state index in [2.05, 4.69) is 17.3 Å². The standard InChI is InChI=1S/C11H22N2O/c1-12-7-11(8-14-9-11)10-4-3-5-13(2)6-10/h10,12H,3-9H2,1-2H3. The van der Waals surface area contributed by atoms with E-state index in [1.807, 2.05) is 7.05 Å². The van der Waals surface area contributed by atoms with E-state index in [1.54, 1.807) is 0 Å². The molecule has 82 valence electrons. The third-order valence-corrected chi connectivity index (χ3v) is 3.80. The highest BCUT2D eigenvalue weighted by Gasteiger charge is 2.45. The van der Waals surface area contributed by atoms with Crippen molar-refractivity contribution in [1.82, 2.24) is 10.2 Å². The first-order valence-electron chi connectivity index (χ1n) is 5.68. The van der Waals surface area contributed by atoms with Gasteiger partial charge in [-0.2, -0.15) is 0 Å². The molecule has 14 heavy (non-hydrogen) atoms. The van der Waals surface area contributed by atoms with Crippen molar-refractivity contribution in [2.24, 2.45) is 11.3 Å². The van der Waals surface area contributed by atoms with Crippen LogP contribution < -0.4 is 5.32 Å². The van der Waals surface area contributed by atoms with Gasteiger partial charge in [-0.3, -0.25) is 0 Å². The quantitative estimate of drug-likeness (QED) is 0.717. The molecule has 0 spiro atoms. The van der Waals surface area contributed by atoms with Crippen LogP contribution >= 0.6 is 0 Å². The van der Waals surface area contributed by atoms with Crippen LogP contribution in [-0.4, -0.2) is 51.8 Å². The fourth-order valence-corrected chi connectivity index (χ4v) is 2.86. The summed E-state index contributed by atoms with van der Waals surface area (Å²) in [5.74, 6) is 0.836. The largest absolute Gasteiger partial charge is 0.380 e. The molecule has 0 saturated carbocycles. The molecular formula is C11H22N2O. The van der Waals surface area contributed by atoms with Gasteiger partial charge in [0.2, 0.25) is 0 Å². The van der Waals surface area contributed by atoms with Crippen molar-refractivity contribution < 1.29 is 4.74 Å². The lowest BCUT2D eigenvalue weighted by atomic mass is 9.70. The Morgan fingerprint density at radius 1 is 1.50 bits per heavy atom. The molecule has 0 amide bonds. The van der Waals surface area contributed by atoms with Gasteiger partial charge in [0.1, 0.15) is 0 Å². The van der Waals surface area contributed by atoms with Crippen LogP contribution in [0.2, 0.25) is 0 Å². The summed E-state index contributed by atoms with van der Waals surface area (Å²) < 4.78 is 5.42. The van der Waals surface area contributed by atoms with Crippen molar-refractivity contribution in [2.75, 3.05) is 46.9 Å². The predicted molar refractivity (Wildman–Crippen MR) is 57.4 cm³/mol. The van der Waals surface area contributed by atoms with E-state index in [9.17, 15) is 0 Å². The van der Waals surface area contributed by atoms with E-state index >= 15 is 0 Å². The molecule has 2 fully saturated rings. The smallest absolute Gasteiger partial charge is 0.0560 e. The first kappa shape index (κ1) is 10.4. The highest BCUT2D eigenvalue weighted by molar-refractivity contribution is 4.95. The SMILES string of the molecule is CNCC1(C2CCCN(C)C2)COC1. The molecule has 0 radical (unpaired) electrons. The highest BCUT2D eigenvalue weighted by atomic mass is 16.5. The Labute approximate surface area is 86.8 Å². The zero-order valence-electron chi connectivity index (χ0n) is 9.38. The van der Waals surface area contributed by atoms with Crippen LogP contribution in [0.25, 0.3) is 0 Å². The summed E-state index contributed by atoms with van der Waals surface area (Å²) in [5.41, 5.74) is 0.448. The lowest BCUT2D eigenvalue weighted by Gasteiger charge is -2.50. The predicted octanol–water partition coefficient (Wildman–Crippen LogP) is 0.564. The van der Waals surface area contributed by atoms with Crippen LogP contribution in [0.15, 0.2) is 0 Å². The second kappa shape index (κ2) is 4.17. The van der Waals surface area contributed by atoms with Crippen molar-refractivity contribution in [3.8, 4) is 0 Å². The van der Waals surface area contributed by atoms with Gasteiger partial charge in [-0.15, -0.1) is 0 Å². The number of rotatable bonds is 3. The van der Waals surface area contributed by atoms with Crippen LogP contribution in [0.5, 0.6) is 0 Å². The average molecular weight is 198 g/mol. The van der Waals surface area contributed by atoms with E-state index in [4.69, 9.17) is 4.74 Å². The second-order valence-corrected chi connectivity index (χ2v) is 4.99. The van der Waals surface area contributed by atoms with E-state index < -0.39 is 0 Å². The maximum Gasteiger partial charge on any atom is 0.0560 e. The minimum Gasteiger partial charge on any atom is -0.380 e. The highest BCUT2D eigenvalue weighted by Crippen LogP contribution is 2.39. The minimum atomic E-state index is 0.448. The van der Waals surface area contributed by atoms with Crippen molar-refractivity contribution >= 4 is 0 Å². The molecule has 0 aromatic rings. The normalized spacial score (nSPS) is 32.6. The summed E-state index contributed by atoms with van der Waals surface area (Å²) in [6.07, 6.45) is 2.74. The molecule has 3 nitrogen and oxygen atoms in total. The summed E-state index contributed by atoms with van der Waals surface area (Å²) in [5, 5.41) is 3.32. The Hall–Kier alpha value is -0.120. The summed E-state index contributed by atoms with van der Waals surface area (Å²) in [4.78, 5) is 2.46. The molecule has 2 saturated heterocycles. The van der Waals surface area contributed by atoms with E-state index in [0.29, 0.717) is 5.41 Å². The van der Waals surface area contributed by atoms with Crippen LogP contribution in [-0.2, 0) is 4.74 Å². The number of ether oxygens (including phenoxy) is 1. The number of nitrogens with zero attached hydrogens (tertiary/aromatic N) is 1. The number of piperidine rings is 1. The Morgan fingerprint density at radius 3 is 2.79 bits per heavy atom. The summed E-state index contributed by atoms with van der Waals surface area (Å²) in [6, 6.07) is 0. The number of hydrogen-bond donors (Lipinski definition) is 1. The lowest BCUT2D eigenvalue weighted by molar-refractivity contribution is -0.153. The molecule has 1 N–H and O–H groups in total. The van der Waals surface area contributed by atoms with Crippen LogP contribution in [0.3, 0.4) is 0 Å². The summed E-state index contributed by atoms with van der Waals surface area (Å²) in [7, 11) is 4.28. The number of hydrogen-bond acceptors (Lipinski definition) is 3. The molecule has 1 unspecified atom stereocenters. The zero-order valence-corrected chi connectivity index (χ0v) is 9.38. The van der Waals surface area contributed by atoms with Crippen molar-refractivity contribution in [1.29, 1.82) is 0 Å². The number of nitrogens with one attached hydrogen (secondary N) is 1. The summed E-state index contributed by atoms with van der Waals surface area (Å²) in [6.45, 7) is 5.57. The zero-order chi connectivity index (χ0) is 10.0. The van der Waals surface area contributed by atoms with Crippen molar-refractivity contribution in [3.05, 3.63) is 0 Å². The Balaban J connectivity index is 1.96. The van der Waals surface area contributed by atoms with Crippen molar-refractivity contribution in [2.45, 2.75) is 12.8 Å². The Bertz CT molecular complexity index is 192. The topological polar surface area (TPSA) is 24.5 Å². The second-order valence-electron chi connectivity index (χ2n) is 4.99. The van der Waals surface area contributed by atoms with Gasteiger partial charge in [-0.05, 0) is 39.4 Å². The number of likely N-dealkylation sites (tertiary alicyclic amines) is 1. The van der Waals surface area contributed by atoms with Crippen LogP contribution in [0.1, 0.15) is 12.8 Å². The third kappa shape index (κ3) is 1.81. The van der Waals surface area contributed by atoms with E-state index in [0.717, 1.165) is 25.7 Å². The minimum absolute atomic E-state index is 0.448. The van der Waals surface area contributed by atoms with Gasteiger partial charge < -0.3 is 15.0 Å². The molecule has 0 aliphatic carbocycles. The maximum absolute atomic E-state index is 5.42. The third-order valence-electron chi connectivity index (χ3n) is 3.80.